The highest BCUT2D eigenvalue weighted by molar-refractivity contribution is 7.89. The van der Waals surface area contributed by atoms with Crippen molar-refractivity contribution in [2.45, 2.75) is 31.2 Å². The first-order valence-electron chi connectivity index (χ1n) is 7.16. The van der Waals surface area contributed by atoms with Gasteiger partial charge in [-0.1, -0.05) is 19.9 Å². The lowest BCUT2D eigenvalue weighted by atomic mass is 10.0. The van der Waals surface area contributed by atoms with Gasteiger partial charge in [-0.2, -0.15) is 9.57 Å². The second kappa shape index (κ2) is 6.73. The van der Waals surface area contributed by atoms with E-state index < -0.39 is 21.4 Å². The zero-order valence-corrected chi connectivity index (χ0v) is 13.4. The number of nitrogens with zero attached hydrogens (tertiary/aromatic N) is 2. The Hall–Kier alpha value is -1.49. The van der Waals surface area contributed by atoms with E-state index in [0.29, 0.717) is 25.6 Å². The minimum atomic E-state index is -3.93. The normalized spacial score (nSPS) is 20.0. The molecule has 0 radical (unpaired) electrons. The maximum Gasteiger partial charge on any atom is 0.244 e. The van der Waals surface area contributed by atoms with Gasteiger partial charge >= 0.3 is 0 Å². The van der Waals surface area contributed by atoms with Crippen LogP contribution in [0.1, 0.15) is 25.8 Å². The summed E-state index contributed by atoms with van der Waals surface area (Å²) in [4.78, 5) is -0.273. The topological polar surface area (TPSA) is 70.4 Å². The molecule has 0 saturated carbocycles. The van der Waals surface area contributed by atoms with E-state index in [1.807, 2.05) is 13.8 Å². The van der Waals surface area contributed by atoms with Crippen LogP contribution in [0.5, 0.6) is 0 Å². The van der Waals surface area contributed by atoms with Crippen LogP contribution in [0.4, 0.5) is 4.39 Å². The highest BCUT2D eigenvalue weighted by atomic mass is 32.2. The van der Waals surface area contributed by atoms with Gasteiger partial charge in [-0.05, 0) is 24.5 Å². The van der Waals surface area contributed by atoms with Crippen molar-refractivity contribution in [3.8, 4) is 6.07 Å². The fraction of sp³-hybridized carbons (Fsp3) is 0.533. The maximum absolute atomic E-state index is 13.7. The van der Waals surface area contributed by atoms with Gasteiger partial charge in [0.15, 0.2) is 0 Å². The fourth-order valence-corrected chi connectivity index (χ4v) is 4.40. The molecule has 0 spiro atoms. The van der Waals surface area contributed by atoms with Gasteiger partial charge in [-0.25, -0.2) is 12.8 Å². The molecule has 5 nitrogen and oxygen atoms in total. The average molecular weight is 326 g/mol. The highest BCUT2D eigenvalue weighted by Gasteiger charge is 2.36. The molecule has 0 amide bonds. The quantitative estimate of drug-likeness (QED) is 0.850. The Labute approximate surface area is 130 Å². The minimum Gasteiger partial charge on any atom is -0.378 e. The summed E-state index contributed by atoms with van der Waals surface area (Å²) >= 11 is 0. The average Bonchev–Trinajstić information content (AvgIpc) is 2.46. The van der Waals surface area contributed by atoms with E-state index in [9.17, 15) is 12.8 Å². The minimum absolute atomic E-state index is 0.209. The van der Waals surface area contributed by atoms with E-state index in [0.717, 1.165) is 6.07 Å². The molecule has 1 aliphatic heterocycles. The van der Waals surface area contributed by atoms with E-state index in [1.54, 1.807) is 6.07 Å². The smallest absolute Gasteiger partial charge is 0.244 e. The molecule has 0 unspecified atom stereocenters. The number of hydrogen-bond acceptors (Lipinski definition) is 4. The second-order valence-electron chi connectivity index (χ2n) is 5.70. The Morgan fingerprint density at radius 1 is 1.50 bits per heavy atom. The van der Waals surface area contributed by atoms with Crippen molar-refractivity contribution in [1.82, 2.24) is 4.31 Å². The van der Waals surface area contributed by atoms with E-state index in [4.69, 9.17) is 10.00 Å². The van der Waals surface area contributed by atoms with Crippen LogP contribution in [0.3, 0.4) is 0 Å². The van der Waals surface area contributed by atoms with E-state index in [2.05, 4.69) is 0 Å². The molecule has 120 valence electrons. The Bertz CT molecular complexity index is 683. The van der Waals surface area contributed by atoms with Crippen LogP contribution in [0, 0.1) is 23.1 Å². The van der Waals surface area contributed by atoms with E-state index >= 15 is 0 Å². The summed E-state index contributed by atoms with van der Waals surface area (Å²) in [6.45, 7) is 4.82. The van der Waals surface area contributed by atoms with Crippen molar-refractivity contribution in [2.24, 2.45) is 5.92 Å². The van der Waals surface area contributed by atoms with Gasteiger partial charge in [0.1, 0.15) is 22.3 Å². The van der Waals surface area contributed by atoms with Crippen molar-refractivity contribution in [1.29, 1.82) is 5.26 Å². The number of nitriles is 1. The van der Waals surface area contributed by atoms with Crippen molar-refractivity contribution in [3.05, 3.63) is 29.6 Å². The van der Waals surface area contributed by atoms with Crippen LogP contribution in [-0.2, 0) is 14.8 Å². The molecule has 1 fully saturated rings. The Morgan fingerprint density at radius 3 is 2.86 bits per heavy atom. The summed E-state index contributed by atoms with van der Waals surface area (Å²) < 4.78 is 46.2. The number of morpholine rings is 1. The van der Waals surface area contributed by atoms with E-state index in [1.165, 1.54) is 16.4 Å². The molecule has 1 saturated heterocycles. The predicted octanol–water partition coefficient (Wildman–Crippen LogP) is 2.13. The van der Waals surface area contributed by atoms with Gasteiger partial charge in [-0.15, -0.1) is 0 Å². The lowest BCUT2D eigenvalue weighted by Crippen LogP contribution is -2.49. The van der Waals surface area contributed by atoms with Gasteiger partial charge in [0.05, 0.1) is 13.2 Å². The van der Waals surface area contributed by atoms with Crippen LogP contribution in [0.15, 0.2) is 23.1 Å². The third kappa shape index (κ3) is 3.29. The zero-order chi connectivity index (χ0) is 16.3. The summed E-state index contributed by atoms with van der Waals surface area (Å²) in [5, 5.41) is 9.07. The van der Waals surface area contributed by atoms with Gasteiger partial charge in [-0.3, -0.25) is 0 Å². The van der Waals surface area contributed by atoms with Crippen molar-refractivity contribution >= 4 is 10.0 Å². The SMILES string of the molecule is CC(C)C[C@@H]1COCCN1S(=O)(=O)c1cccc(F)c1C#N. The lowest BCUT2D eigenvalue weighted by molar-refractivity contribution is 0.0254. The summed E-state index contributed by atoms with van der Waals surface area (Å²) in [6, 6.07) is 5.02. The third-order valence-electron chi connectivity index (χ3n) is 3.59. The molecule has 1 aliphatic rings. The molecule has 1 aromatic carbocycles. The Balaban J connectivity index is 2.45. The fourth-order valence-electron chi connectivity index (χ4n) is 2.64. The number of halogens is 1. The van der Waals surface area contributed by atoms with Crippen LogP contribution in [0.2, 0.25) is 0 Å². The molecule has 22 heavy (non-hydrogen) atoms. The molecule has 0 bridgehead atoms. The predicted molar refractivity (Wildman–Crippen MR) is 79.1 cm³/mol. The van der Waals surface area contributed by atoms with Gasteiger partial charge in [0, 0.05) is 12.6 Å². The molecular weight excluding hydrogens is 307 g/mol. The standard InChI is InChI=1S/C15H19FN2O3S/c1-11(2)8-12-10-21-7-6-18(12)22(19,20)15-5-3-4-14(16)13(15)9-17/h3-5,11-12H,6-8,10H2,1-2H3/t12-/m1/s1. The van der Waals surface area contributed by atoms with Crippen LogP contribution < -0.4 is 0 Å². The van der Waals surface area contributed by atoms with Crippen LogP contribution >= 0.6 is 0 Å². The lowest BCUT2D eigenvalue weighted by Gasteiger charge is -2.35. The number of hydrogen-bond donors (Lipinski definition) is 0. The Kier molecular flexibility index (Phi) is 5.16. The molecule has 0 aromatic heterocycles. The van der Waals surface area contributed by atoms with Gasteiger partial charge in [0.25, 0.3) is 0 Å². The van der Waals surface area contributed by atoms with Crippen molar-refractivity contribution in [2.75, 3.05) is 19.8 Å². The molecular formula is C15H19FN2O3S. The second-order valence-corrected chi connectivity index (χ2v) is 7.56. The third-order valence-corrected chi connectivity index (χ3v) is 5.59. The number of ether oxygens (including phenoxy) is 1. The molecule has 1 heterocycles. The monoisotopic (exact) mass is 326 g/mol. The molecule has 0 aliphatic carbocycles. The summed E-state index contributed by atoms with van der Waals surface area (Å²) in [6.07, 6.45) is 0.649. The first-order valence-corrected chi connectivity index (χ1v) is 8.60. The number of sulfonamides is 1. The molecule has 1 atom stereocenters. The largest absolute Gasteiger partial charge is 0.378 e. The van der Waals surface area contributed by atoms with Gasteiger partial charge in [0.2, 0.25) is 10.0 Å². The first-order chi connectivity index (χ1) is 10.4. The number of benzene rings is 1. The van der Waals surface area contributed by atoms with E-state index in [-0.39, 0.29) is 17.5 Å². The van der Waals surface area contributed by atoms with Crippen molar-refractivity contribution in [3.63, 3.8) is 0 Å². The maximum atomic E-state index is 13.7. The molecule has 7 heteroatoms. The zero-order valence-electron chi connectivity index (χ0n) is 12.6. The van der Waals surface area contributed by atoms with Crippen molar-refractivity contribution < 1.29 is 17.5 Å². The number of rotatable bonds is 4. The summed E-state index contributed by atoms with van der Waals surface area (Å²) in [5.74, 6) is -0.524. The summed E-state index contributed by atoms with van der Waals surface area (Å²) in [5.41, 5.74) is -0.433. The molecule has 1 aromatic rings. The first kappa shape index (κ1) is 16.9. The Morgan fingerprint density at radius 2 is 2.23 bits per heavy atom. The van der Waals surface area contributed by atoms with Crippen LogP contribution in [-0.4, -0.2) is 38.5 Å². The summed E-state index contributed by atoms with van der Waals surface area (Å²) in [7, 11) is -3.93. The van der Waals surface area contributed by atoms with Gasteiger partial charge < -0.3 is 4.74 Å². The molecule has 2 rings (SSSR count). The molecule has 0 N–H and O–H groups in total. The highest BCUT2D eigenvalue weighted by Crippen LogP contribution is 2.27. The van der Waals surface area contributed by atoms with Crippen LogP contribution in [0.25, 0.3) is 0 Å².